The van der Waals surface area contributed by atoms with Gasteiger partial charge >= 0.3 is 0 Å². The van der Waals surface area contributed by atoms with Crippen molar-refractivity contribution in [1.82, 2.24) is 4.90 Å². The number of carbonyl (C=O) groups excluding carboxylic acids is 1. The molecule has 1 saturated heterocycles. The number of aryl methyl sites for hydroxylation is 1. The number of halogens is 1. The van der Waals surface area contributed by atoms with E-state index in [0.29, 0.717) is 18.4 Å². The molecule has 1 unspecified atom stereocenters. The van der Waals surface area contributed by atoms with Crippen LogP contribution in [0.1, 0.15) is 31.2 Å². The zero-order chi connectivity index (χ0) is 17.5. The summed E-state index contributed by atoms with van der Waals surface area (Å²) in [5.74, 6) is 0.299. The zero-order valence-corrected chi connectivity index (χ0v) is 16.0. The molecule has 3 rings (SSSR count). The molecule has 0 aromatic heterocycles. The van der Waals surface area contributed by atoms with Crippen molar-refractivity contribution in [3.05, 3.63) is 64.6 Å². The van der Waals surface area contributed by atoms with Crippen molar-refractivity contribution in [3.63, 3.8) is 0 Å². The van der Waals surface area contributed by atoms with E-state index in [9.17, 15) is 4.79 Å². The molecule has 0 radical (unpaired) electrons. The van der Waals surface area contributed by atoms with Crippen LogP contribution in [0.15, 0.2) is 59.1 Å². The van der Waals surface area contributed by atoms with Gasteiger partial charge in [-0.2, -0.15) is 0 Å². The summed E-state index contributed by atoms with van der Waals surface area (Å²) < 4.78 is 1.11. The molecule has 1 heterocycles. The molecule has 4 heteroatoms. The summed E-state index contributed by atoms with van der Waals surface area (Å²) in [6.45, 7) is 1.69. The van der Waals surface area contributed by atoms with E-state index < -0.39 is 0 Å². The SMILES string of the molecule is O=C(CCCCc1ccc(Br)cc1)N1CCC(Nc2ccccc2)C1. The van der Waals surface area contributed by atoms with Gasteiger partial charge in [0.15, 0.2) is 0 Å². The third-order valence-electron chi connectivity index (χ3n) is 4.70. The van der Waals surface area contributed by atoms with Crippen LogP contribution < -0.4 is 5.32 Å². The van der Waals surface area contributed by atoms with Crippen LogP contribution in [0.4, 0.5) is 5.69 Å². The number of hydrogen-bond acceptors (Lipinski definition) is 2. The molecule has 1 aliphatic heterocycles. The number of benzene rings is 2. The molecule has 25 heavy (non-hydrogen) atoms. The Hall–Kier alpha value is -1.81. The summed E-state index contributed by atoms with van der Waals surface area (Å²) in [7, 11) is 0. The largest absolute Gasteiger partial charge is 0.380 e. The van der Waals surface area contributed by atoms with Gasteiger partial charge in [-0.05, 0) is 55.5 Å². The van der Waals surface area contributed by atoms with Crippen LogP contribution in [0.2, 0.25) is 0 Å². The van der Waals surface area contributed by atoms with Gasteiger partial charge in [0.1, 0.15) is 0 Å². The van der Waals surface area contributed by atoms with E-state index in [1.54, 1.807) is 0 Å². The Morgan fingerprint density at radius 3 is 2.60 bits per heavy atom. The Labute approximate surface area is 158 Å². The number of anilines is 1. The average molecular weight is 401 g/mol. The van der Waals surface area contributed by atoms with E-state index in [1.165, 1.54) is 5.56 Å². The molecule has 0 spiro atoms. The van der Waals surface area contributed by atoms with Gasteiger partial charge in [-0.3, -0.25) is 4.79 Å². The first-order chi connectivity index (χ1) is 12.2. The number of rotatable bonds is 7. The lowest BCUT2D eigenvalue weighted by Crippen LogP contribution is -2.31. The number of hydrogen-bond donors (Lipinski definition) is 1. The second kappa shape index (κ2) is 9.04. The zero-order valence-electron chi connectivity index (χ0n) is 14.5. The summed E-state index contributed by atoms with van der Waals surface area (Å²) in [5.41, 5.74) is 2.47. The molecule has 1 amide bonds. The Morgan fingerprint density at radius 2 is 1.84 bits per heavy atom. The highest BCUT2D eigenvalue weighted by Crippen LogP contribution is 2.18. The first-order valence-electron chi connectivity index (χ1n) is 9.04. The number of unbranched alkanes of at least 4 members (excludes halogenated alkanes) is 1. The van der Waals surface area contributed by atoms with Crippen LogP contribution in [0.25, 0.3) is 0 Å². The van der Waals surface area contributed by atoms with Crippen LogP contribution in [0.5, 0.6) is 0 Å². The lowest BCUT2D eigenvalue weighted by molar-refractivity contribution is -0.130. The van der Waals surface area contributed by atoms with Crippen molar-refractivity contribution < 1.29 is 4.79 Å². The minimum absolute atomic E-state index is 0.299. The van der Waals surface area contributed by atoms with Crippen molar-refractivity contribution in [2.45, 2.75) is 38.1 Å². The smallest absolute Gasteiger partial charge is 0.222 e. The minimum atomic E-state index is 0.299. The fourth-order valence-electron chi connectivity index (χ4n) is 3.29. The minimum Gasteiger partial charge on any atom is -0.380 e. The predicted molar refractivity (Wildman–Crippen MR) is 107 cm³/mol. The third-order valence-corrected chi connectivity index (χ3v) is 5.23. The van der Waals surface area contributed by atoms with Gasteiger partial charge < -0.3 is 10.2 Å². The van der Waals surface area contributed by atoms with Crippen molar-refractivity contribution in [2.75, 3.05) is 18.4 Å². The molecule has 0 bridgehead atoms. The topological polar surface area (TPSA) is 32.3 Å². The van der Waals surface area contributed by atoms with Crippen LogP contribution in [0, 0.1) is 0 Å². The van der Waals surface area contributed by atoms with Crippen molar-refractivity contribution in [1.29, 1.82) is 0 Å². The van der Waals surface area contributed by atoms with E-state index in [0.717, 1.165) is 48.9 Å². The lowest BCUT2D eigenvalue weighted by Gasteiger charge is -2.17. The molecule has 132 valence electrons. The quantitative estimate of drug-likeness (QED) is 0.671. The maximum absolute atomic E-state index is 12.4. The Morgan fingerprint density at radius 1 is 1.08 bits per heavy atom. The maximum atomic E-state index is 12.4. The molecular weight excluding hydrogens is 376 g/mol. The number of nitrogens with zero attached hydrogens (tertiary/aromatic N) is 1. The normalized spacial score (nSPS) is 16.8. The maximum Gasteiger partial charge on any atom is 0.222 e. The van der Waals surface area contributed by atoms with Crippen molar-refractivity contribution >= 4 is 27.5 Å². The van der Waals surface area contributed by atoms with Gasteiger partial charge in [-0.25, -0.2) is 0 Å². The molecule has 0 saturated carbocycles. The number of amides is 1. The first-order valence-corrected chi connectivity index (χ1v) is 9.84. The summed E-state index contributed by atoms with van der Waals surface area (Å²) in [5, 5.41) is 3.52. The molecular formula is C21H25BrN2O. The predicted octanol–water partition coefficient (Wildman–Crippen LogP) is 4.87. The monoisotopic (exact) mass is 400 g/mol. The summed E-state index contributed by atoms with van der Waals surface area (Å²) >= 11 is 3.45. The van der Waals surface area contributed by atoms with E-state index in [1.807, 2.05) is 23.1 Å². The molecule has 1 N–H and O–H groups in total. The Kier molecular flexibility index (Phi) is 6.51. The standard InChI is InChI=1S/C21H25BrN2O/c22-18-12-10-17(11-13-18)6-4-5-9-21(25)24-15-14-20(16-24)23-19-7-2-1-3-8-19/h1-3,7-8,10-13,20,23H,4-6,9,14-16H2. The van der Waals surface area contributed by atoms with E-state index in [2.05, 4.69) is 57.6 Å². The fraction of sp³-hybridized carbons (Fsp3) is 0.381. The van der Waals surface area contributed by atoms with Crippen molar-refractivity contribution in [2.24, 2.45) is 0 Å². The first kappa shape index (κ1) is 18.0. The Bertz CT molecular complexity index is 672. The van der Waals surface area contributed by atoms with E-state index in [4.69, 9.17) is 0 Å². The summed E-state index contributed by atoms with van der Waals surface area (Å²) in [6.07, 6.45) is 4.75. The van der Waals surface area contributed by atoms with Gasteiger partial charge in [-0.1, -0.05) is 46.3 Å². The molecule has 1 aliphatic rings. The van der Waals surface area contributed by atoms with Gasteiger partial charge in [0.05, 0.1) is 0 Å². The second-order valence-electron chi connectivity index (χ2n) is 6.67. The van der Waals surface area contributed by atoms with Gasteiger partial charge in [0, 0.05) is 35.7 Å². The van der Waals surface area contributed by atoms with Gasteiger partial charge in [0.25, 0.3) is 0 Å². The van der Waals surface area contributed by atoms with Gasteiger partial charge in [0.2, 0.25) is 5.91 Å². The number of para-hydroxylation sites is 1. The van der Waals surface area contributed by atoms with Crippen LogP contribution in [-0.2, 0) is 11.2 Å². The highest BCUT2D eigenvalue weighted by atomic mass is 79.9. The highest BCUT2D eigenvalue weighted by Gasteiger charge is 2.25. The number of likely N-dealkylation sites (tertiary alicyclic amines) is 1. The van der Waals surface area contributed by atoms with Crippen LogP contribution in [-0.4, -0.2) is 29.9 Å². The van der Waals surface area contributed by atoms with E-state index in [-0.39, 0.29) is 0 Å². The highest BCUT2D eigenvalue weighted by molar-refractivity contribution is 9.10. The molecule has 2 aromatic rings. The molecule has 2 aromatic carbocycles. The molecule has 1 atom stereocenters. The Balaban J connectivity index is 1.35. The summed E-state index contributed by atoms with van der Waals surface area (Å²) in [6, 6.07) is 19.0. The number of nitrogens with one attached hydrogen (secondary N) is 1. The van der Waals surface area contributed by atoms with Gasteiger partial charge in [-0.15, -0.1) is 0 Å². The fourth-order valence-corrected chi connectivity index (χ4v) is 3.55. The third kappa shape index (κ3) is 5.60. The average Bonchev–Trinajstić information content (AvgIpc) is 3.09. The molecule has 1 fully saturated rings. The lowest BCUT2D eigenvalue weighted by atomic mass is 10.1. The van der Waals surface area contributed by atoms with E-state index >= 15 is 0 Å². The molecule has 0 aliphatic carbocycles. The van der Waals surface area contributed by atoms with Crippen LogP contribution >= 0.6 is 15.9 Å². The van der Waals surface area contributed by atoms with Crippen LogP contribution in [0.3, 0.4) is 0 Å². The number of carbonyl (C=O) groups is 1. The molecule has 3 nitrogen and oxygen atoms in total. The second-order valence-corrected chi connectivity index (χ2v) is 7.58. The van der Waals surface area contributed by atoms with Crippen molar-refractivity contribution in [3.8, 4) is 0 Å². The summed E-state index contributed by atoms with van der Waals surface area (Å²) in [4.78, 5) is 14.4.